The highest BCUT2D eigenvalue weighted by atomic mass is 16.5. The Balaban J connectivity index is 2.60. The lowest BCUT2D eigenvalue weighted by atomic mass is 9.90. The molecule has 3 heteroatoms. The highest BCUT2D eigenvalue weighted by Gasteiger charge is 2.38. The zero-order valence-electron chi connectivity index (χ0n) is 6.37. The minimum absolute atomic E-state index is 0.247. The molecule has 1 aliphatic heterocycles. The molecule has 1 heterocycles. The first kappa shape index (κ1) is 7.98. The van der Waals surface area contributed by atoms with Crippen LogP contribution in [-0.4, -0.2) is 34.6 Å². The number of hydrogen-bond donors (Lipinski definition) is 2. The second kappa shape index (κ2) is 2.49. The van der Waals surface area contributed by atoms with E-state index >= 15 is 0 Å². The van der Waals surface area contributed by atoms with E-state index in [0.29, 0.717) is 13.0 Å². The van der Waals surface area contributed by atoms with E-state index in [0.717, 1.165) is 0 Å². The molecule has 0 aromatic heterocycles. The summed E-state index contributed by atoms with van der Waals surface area (Å²) in [5.74, 6) is 0. The topological polar surface area (TPSA) is 49.7 Å². The van der Waals surface area contributed by atoms with Crippen molar-refractivity contribution >= 4 is 0 Å². The average molecular weight is 146 g/mol. The summed E-state index contributed by atoms with van der Waals surface area (Å²) < 4.78 is 5.12. The van der Waals surface area contributed by atoms with Crippen LogP contribution >= 0.6 is 0 Å². The summed E-state index contributed by atoms with van der Waals surface area (Å²) in [7, 11) is 0. The van der Waals surface area contributed by atoms with Gasteiger partial charge in [-0.15, -0.1) is 0 Å². The molecule has 1 rings (SSSR count). The molecule has 3 nitrogen and oxygen atoms in total. The predicted octanol–water partition coefficient (Wildman–Crippen LogP) is -0.0929. The van der Waals surface area contributed by atoms with Gasteiger partial charge in [-0.1, -0.05) is 0 Å². The maximum Gasteiger partial charge on any atom is 0.108 e. The van der Waals surface area contributed by atoms with Crippen molar-refractivity contribution in [2.45, 2.75) is 38.1 Å². The number of aliphatic hydroxyl groups excluding tert-OH is 1. The third kappa shape index (κ3) is 1.31. The fourth-order valence-corrected chi connectivity index (χ4v) is 1.20. The normalized spacial score (nSPS) is 49.2. The molecule has 0 aromatic carbocycles. The van der Waals surface area contributed by atoms with Crippen LogP contribution < -0.4 is 0 Å². The van der Waals surface area contributed by atoms with Gasteiger partial charge >= 0.3 is 0 Å². The molecule has 10 heavy (non-hydrogen) atoms. The molecule has 2 N–H and O–H groups in total. The fourth-order valence-electron chi connectivity index (χ4n) is 1.20. The molecule has 0 amide bonds. The summed E-state index contributed by atoms with van der Waals surface area (Å²) >= 11 is 0. The van der Waals surface area contributed by atoms with E-state index in [4.69, 9.17) is 4.74 Å². The molecule has 1 saturated heterocycles. The summed E-state index contributed by atoms with van der Waals surface area (Å²) in [5.41, 5.74) is -0.961. The van der Waals surface area contributed by atoms with Gasteiger partial charge in [0.25, 0.3) is 0 Å². The average Bonchev–Trinajstić information content (AvgIpc) is 1.83. The number of hydrogen-bond acceptors (Lipinski definition) is 3. The maximum absolute atomic E-state index is 9.48. The Morgan fingerprint density at radius 2 is 2.20 bits per heavy atom. The van der Waals surface area contributed by atoms with Crippen LogP contribution in [0.25, 0.3) is 0 Å². The monoisotopic (exact) mass is 146 g/mol. The molecular weight excluding hydrogens is 132 g/mol. The van der Waals surface area contributed by atoms with Crippen LogP contribution in [0.1, 0.15) is 20.3 Å². The summed E-state index contributed by atoms with van der Waals surface area (Å²) in [6, 6.07) is 0. The second-order valence-corrected chi connectivity index (χ2v) is 3.13. The van der Waals surface area contributed by atoms with E-state index in [-0.39, 0.29) is 6.10 Å². The van der Waals surface area contributed by atoms with E-state index in [1.165, 1.54) is 0 Å². The molecule has 1 fully saturated rings. The molecule has 0 aromatic rings. The van der Waals surface area contributed by atoms with Crippen molar-refractivity contribution in [3.8, 4) is 0 Å². The van der Waals surface area contributed by atoms with Crippen LogP contribution in [0.15, 0.2) is 0 Å². The fraction of sp³-hybridized carbons (Fsp3) is 1.00. The second-order valence-electron chi connectivity index (χ2n) is 3.13. The highest BCUT2D eigenvalue weighted by molar-refractivity contribution is 4.88. The standard InChI is InChI=1S/C7H14O3/c1-5-6(8)7(2,9)3-4-10-5/h5-6,8-9H,3-4H2,1-2H3/t5?,6-,7+/m1/s1. The number of aliphatic hydroxyl groups is 2. The van der Waals surface area contributed by atoms with Gasteiger partial charge in [0, 0.05) is 13.0 Å². The third-order valence-corrected chi connectivity index (χ3v) is 2.07. The molecule has 0 aliphatic carbocycles. The highest BCUT2D eigenvalue weighted by Crippen LogP contribution is 2.24. The van der Waals surface area contributed by atoms with Crippen LogP contribution in [0.5, 0.6) is 0 Å². The van der Waals surface area contributed by atoms with Crippen LogP contribution in [0.3, 0.4) is 0 Å². The number of ether oxygens (including phenoxy) is 1. The lowest BCUT2D eigenvalue weighted by Crippen LogP contribution is -2.51. The Morgan fingerprint density at radius 3 is 2.60 bits per heavy atom. The van der Waals surface area contributed by atoms with Crippen molar-refractivity contribution in [2.75, 3.05) is 6.61 Å². The largest absolute Gasteiger partial charge is 0.387 e. The lowest BCUT2D eigenvalue weighted by molar-refractivity contribution is -0.175. The Bertz CT molecular complexity index is 122. The summed E-state index contributed by atoms with van der Waals surface area (Å²) in [6.07, 6.45) is -0.483. The molecule has 3 atom stereocenters. The smallest absolute Gasteiger partial charge is 0.108 e. The molecule has 0 bridgehead atoms. The van der Waals surface area contributed by atoms with Crippen molar-refractivity contribution in [1.29, 1.82) is 0 Å². The van der Waals surface area contributed by atoms with E-state index in [1.807, 2.05) is 0 Å². The van der Waals surface area contributed by atoms with Gasteiger partial charge < -0.3 is 14.9 Å². The zero-order chi connectivity index (χ0) is 7.78. The Hall–Kier alpha value is -0.120. The van der Waals surface area contributed by atoms with Crippen molar-refractivity contribution in [1.82, 2.24) is 0 Å². The first-order chi connectivity index (χ1) is 4.54. The molecule has 1 aliphatic rings. The summed E-state index contributed by atoms with van der Waals surface area (Å²) in [5, 5.41) is 18.8. The maximum atomic E-state index is 9.48. The summed E-state index contributed by atoms with van der Waals surface area (Å²) in [4.78, 5) is 0. The first-order valence-electron chi connectivity index (χ1n) is 3.56. The van der Waals surface area contributed by atoms with Gasteiger partial charge in [0.15, 0.2) is 0 Å². The summed E-state index contributed by atoms with van der Waals surface area (Å²) in [6.45, 7) is 3.93. The zero-order valence-corrected chi connectivity index (χ0v) is 6.37. The molecule has 0 spiro atoms. The Morgan fingerprint density at radius 1 is 1.60 bits per heavy atom. The van der Waals surface area contributed by atoms with E-state index < -0.39 is 11.7 Å². The van der Waals surface area contributed by atoms with E-state index in [2.05, 4.69) is 0 Å². The Kier molecular flexibility index (Phi) is 1.99. The van der Waals surface area contributed by atoms with Crippen LogP contribution in [0.4, 0.5) is 0 Å². The van der Waals surface area contributed by atoms with Gasteiger partial charge in [-0.3, -0.25) is 0 Å². The van der Waals surface area contributed by atoms with Gasteiger partial charge in [-0.25, -0.2) is 0 Å². The van der Waals surface area contributed by atoms with Crippen LogP contribution in [0.2, 0.25) is 0 Å². The van der Waals surface area contributed by atoms with E-state index in [9.17, 15) is 10.2 Å². The van der Waals surface area contributed by atoms with E-state index in [1.54, 1.807) is 13.8 Å². The number of rotatable bonds is 0. The molecular formula is C7H14O3. The van der Waals surface area contributed by atoms with Crippen molar-refractivity contribution in [3.63, 3.8) is 0 Å². The quantitative estimate of drug-likeness (QED) is 0.502. The predicted molar refractivity (Wildman–Crippen MR) is 36.7 cm³/mol. The van der Waals surface area contributed by atoms with Crippen LogP contribution in [-0.2, 0) is 4.74 Å². The van der Waals surface area contributed by atoms with Gasteiger partial charge in [-0.05, 0) is 13.8 Å². The van der Waals surface area contributed by atoms with Crippen molar-refractivity contribution in [2.24, 2.45) is 0 Å². The third-order valence-electron chi connectivity index (χ3n) is 2.07. The van der Waals surface area contributed by atoms with Crippen molar-refractivity contribution in [3.05, 3.63) is 0 Å². The van der Waals surface area contributed by atoms with Crippen LogP contribution in [0, 0.1) is 0 Å². The first-order valence-corrected chi connectivity index (χ1v) is 3.56. The Labute approximate surface area is 60.6 Å². The molecule has 0 radical (unpaired) electrons. The molecule has 1 unspecified atom stereocenters. The van der Waals surface area contributed by atoms with Crippen molar-refractivity contribution < 1.29 is 14.9 Å². The van der Waals surface area contributed by atoms with Gasteiger partial charge in [0.2, 0.25) is 0 Å². The lowest BCUT2D eigenvalue weighted by Gasteiger charge is -2.37. The molecule has 60 valence electrons. The minimum Gasteiger partial charge on any atom is -0.387 e. The van der Waals surface area contributed by atoms with Gasteiger partial charge in [0.1, 0.15) is 6.10 Å². The van der Waals surface area contributed by atoms with Gasteiger partial charge in [-0.2, -0.15) is 0 Å². The minimum atomic E-state index is -0.961. The van der Waals surface area contributed by atoms with Gasteiger partial charge in [0.05, 0.1) is 11.7 Å². The SMILES string of the molecule is CC1OCC[C@](C)(O)[C@@H]1O. The molecule has 0 saturated carbocycles.